The molecule has 1 aliphatic heterocycles. The predicted octanol–water partition coefficient (Wildman–Crippen LogP) is 0.201. The number of morpholine rings is 1. The Morgan fingerprint density at radius 2 is 1.83 bits per heavy atom. The van der Waals surface area contributed by atoms with E-state index in [2.05, 4.69) is 20.9 Å². The van der Waals surface area contributed by atoms with Gasteiger partial charge in [0.15, 0.2) is 0 Å². The molecule has 0 saturated carbocycles. The second kappa shape index (κ2) is 3.32. The fourth-order valence-corrected chi connectivity index (χ4v) is 1.93. The Morgan fingerprint density at radius 1 is 1.33 bits per heavy atom. The Bertz CT molecular complexity index is 145. The smallest absolute Gasteiger partial charge is 0.102 e. The molecule has 3 nitrogen and oxygen atoms in total. The van der Waals surface area contributed by atoms with Crippen molar-refractivity contribution in [2.75, 3.05) is 39.9 Å². The highest BCUT2D eigenvalue weighted by molar-refractivity contribution is 4.71. The summed E-state index contributed by atoms with van der Waals surface area (Å²) in [5, 5.41) is 0. The molecular formula is C9H21N2O+. The van der Waals surface area contributed by atoms with Crippen molar-refractivity contribution >= 4 is 0 Å². The summed E-state index contributed by atoms with van der Waals surface area (Å²) in [7, 11) is 2.26. The van der Waals surface area contributed by atoms with E-state index in [0.29, 0.717) is 0 Å². The summed E-state index contributed by atoms with van der Waals surface area (Å²) in [5.41, 5.74) is 5.93. The van der Waals surface area contributed by atoms with Gasteiger partial charge in [-0.2, -0.15) is 0 Å². The van der Waals surface area contributed by atoms with Crippen LogP contribution in [0.4, 0.5) is 0 Å². The van der Waals surface area contributed by atoms with Crippen molar-refractivity contribution in [1.82, 2.24) is 0 Å². The van der Waals surface area contributed by atoms with Crippen molar-refractivity contribution in [2.45, 2.75) is 19.4 Å². The van der Waals surface area contributed by atoms with Gasteiger partial charge in [-0.05, 0) is 13.8 Å². The number of hydrogen-bond acceptors (Lipinski definition) is 2. The summed E-state index contributed by atoms with van der Waals surface area (Å²) in [5.74, 6) is 0. The monoisotopic (exact) mass is 173 g/mol. The molecule has 3 heteroatoms. The number of nitrogens with two attached hydrogens (primary N) is 1. The van der Waals surface area contributed by atoms with Crippen LogP contribution in [-0.4, -0.2) is 49.9 Å². The van der Waals surface area contributed by atoms with E-state index in [1.165, 1.54) is 0 Å². The van der Waals surface area contributed by atoms with E-state index in [-0.39, 0.29) is 5.54 Å². The molecule has 0 unspecified atom stereocenters. The fourth-order valence-electron chi connectivity index (χ4n) is 1.93. The molecule has 2 N–H and O–H groups in total. The lowest BCUT2D eigenvalue weighted by molar-refractivity contribution is -0.919. The summed E-state index contributed by atoms with van der Waals surface area (Å²) in [6.45, 7) is 9.18. The van der Waals surface area contributed by atoms with Crippen LogP contribution >= 0.6 is 0 Å². The Morgan fingerprint density at radius 3 is 2.25 bits per heavy atom. The first kappa shape index (κ1) is 9.96. The van der Waals surface area contributed by atoms with E-state index >= 15 is 0 Å². The molecule has 0 aromatic rings. The van der Waals surface area contributed by atoms with Crippen molar-refractivity contribution in [3.8, 4) is 0 Å². The van der Waals surface area contributed by atoms with Gasteiger partial charge < -0.3 is 15.0 Å². The van der Waals surface area contributed by atoms with Crippen LogP contribution < -0.4 is 5.73 Å². The molecule has 0 spiro atoms. The van der Waals surface area contributed by atoms with Gasteiger partial charge in [-0.1, -0.05) is 0 Å². The lowest BCUT2D eigenvalue weighted by Crippen LogP contribution is -2.59. The van der Waals surface area contributed by atoms with Gasteiger partial charge in [-0.3, -0.25) is 0 Å². The first-order valence-electron chi connectivity index (χ1n) is 4.62. The van der Waals surface area contributed by atoms with Crippen LogP contribution in [0.25, 0.3) is 0 Å². The van der Waals surface area contributed by atoms with Gasteiger partial charge in [-0.25, -0.2) is 0 Å². The van der Waals surface area contributed by atoms with Crippen molar-refractivity contribution in [3.63, 3.8) is 0 Å². The predicted molar refractivity (Wildman–Crippen MR) is 49.9 cm³/mol. The Kier molecular flexibility index (Phi) is 2.76. The van der Waals surface area contributed by atoms with Crippen molar-refractivity contribution in [2.24, 2.45) is 5.73 Å². The highest BCUT2D eigenvalue weighted by Gasteiger charge is 2.30. The Hall–Kier alpha value is -0.120. The normalized spacial score (nSPS) is 24.0. The fraction of sp³-hybridized carbons (Fsp3) is 1.00. The van der Waals surface area contributed by atoms with E-state index in [4.69, 9.17) is 10.5 Å². The quantitative estimate of drug-likeness (QED) is 0.605. The first-order chi connectivity index (χ1) is 5.41. The van der Waals surface area contributed by atoms with E-state index in [1.807, 2.05) is 0 Å². The van der Waals surface area contributed by atoms with E-state index in [1.54, 1.807) is 0 Å². The van der Waals surface area contributed by atoms with Crippen LogP contribution in [0.5, 0.6) is 0 Å². The van der Waals surface area contributed by atoms with Gasteiger partial charge in [0.1, 0.15) is 13.1 Å². The third-order valence-electron chi connectivity index (χ3n) is 2.34. The number of nitrogens with zero attached hydrogens (tertiary/aromatic N) is 1. The lowest BCUT2D eigenvalue weighted by Gasteiger charge is -2.41. The van der Waals surface area contributed by atoms with Crippen LogP contribution in [0, 0.1) is 0 Å². The molecule has 0 atom stereocenters. The summed E-state index contributed by atoms with van der Waals surface area (Å²) in [6.07, 6.45) is 0. The molecule has 1 saturated heterocycles. The van der Waals surface area contributed by atoms with Gasteiger partial charge in [-0.15, -0.1) is 0 Å². The maximum Gasteiger partial charge on any atom is 0.102 e. The zero-order valence-electron chi connectivity index (χ0n) is 8.47. The summed E-state index contributed by atoms with van der Waals surface area (Å²) < 4.78 is 6.38. The second-order valence-corrected chi connectivity index (χ2v) is 4.83. The minimum Gasteiger partial charge on any atom is -0.370 e. The SMILES string of the molecule is CC(C)(N)C[N+]1(C)CCOCC1. The maximum absolute atomic E-state index is 6.00. The molecule has 0 aromatic carbocycles. The van der Waals surface area contributed by atoms with Crippen LogP contribution in [0.15, 0.2) is 0 Å². The topological polar surface area (TPSA) is 35.2 Å². The first-order valence-corrected chi connectivity index (χ1v) is 4.62. The maximum atomic E-state index is 6.00. The van der Waals surface area contributed by atoms with Gasteiger partial charge in [0.05, 0.1) is 32.3 Å². The number of ether oxygens (including phenoxy) is 1. The Labute approximate surface area is 75.1 Å². The summed E-state index contributed by atoms with van der Waals surface area (Å²) >= 11 is 0. The molecule has 0 aliphatic carbocycles. The van der Waals surface area contributed by atoms with Gasteiger partial charge >= 0.3 is 0 Å². The third kappa shape index (κ3) is 3.09. The summed E-state index contributed by atoms with van der Waals surface area (Å²) in [4.78, 5) is 0. The number of rotatable bonds is 2. The molecule has 1 rings (SSSR count). The highest BCUT2D eigenvalue weighted by Crippen LogP contribution is 2.12. The van der Waals surface area contributed by atoms with Crippen LogP contribution in [0.1, 0.15) is 13.8 Å². The van der Waals surface area contributed by atoms with Crippen LogP contribution in [0.3, 0.4) is 0 Å². The van der Waals surface area contributed by atoms with E-state index in [0.717, 1.165) is 37.3 Å². The largest absolute Gasteiger partial charge is 0.370 e. The average Bonchev–Trinajstić information content (AvgIpc) is 1.83. The molecule has 72 valence electrons. The highest BCUT2D eigenvalue weighted by atomic mass is 16.5. The summed E-state index contributed by atoms with van der Waals surface area (Å²) in [6, 6.07) is 0. The molecule has 12 heavy (non-hydrogen) atoms. The molecule has 0 aromatic heterocycles. The molecule has 1 aliphatic rings. The minimum atomic E-state index is -0.0634. The molecule has 0 bridgehead atoms. The van der Waals surface area contributed by atoms with Crippen molar-refractivity contribution in [1.29, 1.82) is 0 Å². The molecule has 1 fully saturated rings. The Balaban J connectivity index is 2.47. The number of hydrogen-bond donors (Lipinski definition) is 1. The van der Waals surface area contributed by atoms with E-state index in [9.17, 15) is 0 Å². The van der Waals surface area contributed by atoms with Gasteiger partial charge in [0.2, 0.25) is 0 Å². The zero-order valence-corrected chi connectivity index (χ0v) is 8.47. The molecule has 1 heterocycles. The standard InChI is InChI=1S/C9H21N2O/c1-9(2,10)8-11(3)4-6-12-7-5-11/h4-8,10H2,1-3H3/q+1. The van der Waals surface area contributed by atoms with Crippen LogP contribution in [0.2, 0.25) is 0 Å². The minimum absolute atomic E-state index is 0.0634. The van der Waals surface area contributed by atoms with Crippen molar-refractivity contribution in [3.05, 3.63) is 0 Å². The molecular weight excluding hydrogens is 152 g/mol. The lowest BCUT2D eigenvalue weighted by atomic mass is 10.1. The zero-order chi connectivity index (χ0) is 9.24. The number of likely N-dealkylation sites (N-methyl/N-ethyl adjacent to an activating group) is 1. The number of quaternary nitrogens is 1. The molecule has 0 amide bonds. The van der Waals surface area contributed by atoms with E-state index < -0.39 is 0 Å². The second-order valence-electron chi connectivity index (χ2n) is 4.83. The van der Waals surface area contributed by atoms with Crippen LogP contribution in [-0.2, 0) is 4.74 Å². The van der Waals surface area contributed by atoms with Crippen molar-refractivity contribution < 1.29 is 9.22 Å². The van der Waals surface area contributed by atoms with Gasteiger partial charge in [0.25, 0.3) is 0 Å². The average molecular weight is 173 g/mol. The molecule has 0 radical (unpaired) electrons. The third-order valence-corrected chi connectivity index (χ3v) is 2.34. The van der Waals surface area contributed by atoms with Gasteiger partial charge in [0, 0.05) is 0 Å².